The average Bonchev–Trinajstić information content (AvgIpc) is 3.46. The molecule has 0 spiro atoms. The molecule has 0 radical (unpaired) electrons. The molecule has 1 aliphatic carbocycles. The number of carbonyl (C=O) groups is 2. The predicted octanol–water partition coefficient (Wildman–Crippen LogP) is 4.53. The predicted molar refractivity (Wildman–Crippen MR) is 129 cm³/mol. The van der Waals surface area contributed by atoms with E-state index in [1.165, 1.54) is 12.8 Å². The van der Waals surface area contributed by atoms with Crippen LogP contribution in [0, 0.1) is 6.92 Å². The number of aromatic nitrogens is 1. The monoisotopic (exact) mass is 477 g/mol. The third-order valence-corrected chi connectivity index (χ3v) is 7.70. The Morgan fingerprint density at radius 1 is 1.09 bits per heavy atom. The van der Waals surface area contributed by atoms with Crippen LogP contribution in [0.25, 0.3) is 11.1 Å². The van der Waals surface area contributed by atoms with Gasteiger partial charge in [0.2, 0.25) is 12.7 Å². The number of benzene rings is 1. The van der Waals surface area contributed by atoms with Gasteiger partial charge in [-0.1, -0.05) is 31.7 Å². The summed E-state index contributed by atoms with van der Waals surface area (Å²) in [6.45, 7) is 4.61. The number of hydrogen-bond acceptors (Lipinski definition) is 5. The van der Waals surface area contributed by atoms with Crippen LogP contribution in [0.3, 0.4) is 0 Å². The van der Waals surface area contributed by atoms with E-state index in [-0.39, 0.29) is 31.2 Å². The van der Waals surface area contributed by atoms with E-state index in [9.17, 15) is 9.59 Å². The molecule has 4 heterocycles. The molecule has 35 heavy (non-hydrogen) atoms. The van der Waals surface area contributed by atoms with Crippen LogP contribution in [0.1, 0.15) is 67.3 Å². The molecule has 2 amide bonds. The fraction of sp³-hybridized carbons (Fsp3) is 0.481. The zero-order valence-electron chi connectivity index (χ0n) is 20.3. The number of hydrogen-bond donors (Lipinski definition) is 1. The van der Waals surface area contributed by atoms with Crippen molar-refractivity contribution >= 4 is 22.9 Å². The van der Waals surface area contributed by atoms with Crippen molar-refractivity contribution in [1.29, 1.82) is 0 Å². The first kappa shape index (κ1) is 22.1. The summed E-state index contributed by atoms with van der Waals surface area (Å²) in [5, 5.41) is 3.31. The number of aryl methyl sites for hydroxylation is 1. The van der Waals surface area contributed by atoms with Crippen LogP contribution < -0.4 is 14.8 Å². The van der Waals surface area contributed by atoms with Gasteiger partial charge in [-0.25, -0.2) is 0 Å². The lowest BCUT2D eigenvalue weighted by Crippen LogP contribution is -2.64. The van der Waals surface area contributed by atoms with Crippen molar-refractivity contribution in [2.24, 2.45) is 0 Å². The molecule has 1 N–H and O–H groups in total. The molecule has 2 aliphatic heterocycles. The molecule has 0 saturated heterocycles. The number of amides is 2. The first-order valence-corrected chi connectivity index (χ1v) is 12.5. The van der Waals surface area contributed by atoms with Crippen molar-refractivity contribution < 1.29 is 23.5 Å². The largest absolute Gasteiger partial charge is 0.460 e. The Balaban J connectivity index is 1.37. The molecule has 184 valence electrons. The lowest BCUT2D eigenvalue weighted by atomic mass is 9.93. The summed E-state index contributed by atoms with van der Waals surface area (Å²) in [5.41, 5.74) is 1.88. The van der Waals surface area contributed by atoms with E-state index in [0.29, 0.717) is 29.3 Å². The lowest BCUT2D eigenvalue weighted by molar-refractivity contribution is -0.134. The summed E-state index contributed by atoms with van der Waals surface area (Å²) in [5.74, 6) is 1.85. The van der Waals surface area contributed by atoms with Crippen LogP contribution in [0.2, 0.25) is 0 Å². The van der Waals surface area contributed by atoms with E-state index in [0.717, 1.165) is 42.5 Å². The van der Waals surface area contributed by atoms with E-state index in [2.05, 4.69) is 5.32 Å². The highest BCUT2D eigenvalue weighted by Crippen LogP contribution is 2.37. The highest BCUT2D eigenvalue weighted by atomic mass is 16.7. The molecule has 2 aromatic heterocycles. The second kappa shape index (κ2) is 8.36. The summed E-state index contributed by atoms with van der Waals surface area (Å²) < 4.78 is 18.7. The summed E-state index contributed by atoms with van der Waals surface area (Å²) in [4.78, 5) is 29.5. The van der Waals surface area contributed by atoms with Gasteiger partial charge in [-0.15, -0.1) is 0 Å². The molecular weight excluding hydrogens is 446 g/mol. The van der Waals surface area contributed by atoms with Crippen LogP contribution in [0.15, 0.2) is 34.7 Å². The third kappa shape index (κ3) is 3.75. The topological polar surface area (TPSA) is 85.9 Å². The number of nitrogens with one attached hydrogen (secondary N) is 1. The SMILES string of the molecule is Cc1cc2c(cc3n2C[C@](C)(C(=O)NC2CCCCCC2)N(Cc2ccc4c(c2)OCO4)C3=O)o1. The molecule has 6 rings (SSSR count). The van der Waals surface area contributed by atoms with E-state index in [1.54, 1.807) is 11.0 Å². The number of ether oxygens (including phenoxy) is 2. The maximum Gasteiger partial charge on any atom is 0.271 e. The number of carbonyl (C=O) groups excluding carboxylic acids is 2. The van der Waals surface area contributed by atoms with Gasteiger partial charge in [0.05, 0.1) is 12.1 Å². The van der Waals surface area contributed by atoms with E-state index < -0.39 is 5.54 Å². The first-order valence-electron chi connectivity index (χ1n) is 12.5. The van der Waals surface area contributed by atoms with Crippen molar-refractivity contribution in [3.8, 4) is 11.5 Å². The zero-order chi connectivity index (χ0) is 24.2. The minimum atomic E-state index is -1.07. The van der Waals surface area contributed by atoms with Gasteiger partial charge in [0.15, 0.2) is 17.1 Å². The minimum absolute atomic E-state index is 0.105. The Morgan fingerprint density at radius 2 is 1.86 bits per heavy atom. The van der Waals surface area contributed by atoms with Gasteiger partial charge in [-0.3, -0.25) is 9.59 Å². The summed E-state index contributed by atoms with van der Waals surface area (Å²) in [7, 11) is 0. The van der Waals surface area contributed by atoms with Crippen molar-refractivity contribution in [2.45, 2.75) is 77.0 Å². The van der Waals surface area contributed by atoms with Crippen molar-refractivity contribution in [1.82, 2.24) is 14.8 Å². The Kier molecular flexibility index (Phi) is 5.27. The van der Waals surface area contributed by atoms with Crippen molar-refractivity contribution in [2.75, 3.05) is 6.79 Å². The molecule has 1 aromatic carbocycles. The maximum absolute atomic E-state index is 13.9. The van der Waals surface area contributed by atoms with E-state index in [1.807, 2.05) is 42.7 Å². The Morgan fingerprint density at radius 3 is 2.66 bits per heavy atom. The Hall–Kier alpha value is -3.42. The molecule has 8 nitrogen and oxygen atoms in total. The molecule has 0 bridgehead atoms. The fourth-order valence-corrected chi connectivity index (χ4v) is 5.70. The summed E-state index contributed by atoms with van der Waals surface area (Å²) in [6, 6.07) is 9.54. The molecular formula is C27H31N3O5. The van der Waals surface area contributed by atoms with Crippen LogP contribution in [0.5, 0.6) is 11.5 Å². The molecule has 3 aliphatic rings. The Labute approximate surface area is 204 Å². The van der Waals surface area contributed by atoms with Gasteiger partial charge in [0.1, 0.15) is 17.0 Å². The second-order valence-corrected chi connectivity index (χ2v) is 10.2. The van der Waals surface area contributed by atoms with Gasteiger partial charge in [0.25, 0.3) is 5.91 Å². The minimum Gasteiger partial charge on any atom is -0.460 e. The summed E-state index contributed by atoms with van der Waals surface area (Å²) in [6.07, 6.45) is 6.64. The molecule has 8 heteroatoms. The standard InChI is InChI=1S/C27H31N3O5/c1-17-11-20-23(35-17)13-21-25(31)30(14-18-9-10-22-24(12-18)34-16-33-22)27(2,15-29(20)21)26(32)28-19-7-5-3-4-6-8-19/h9-13,19H,3-8,14-16H2,1-2H3,(H,28,32)/t27-/m1/s1. The van der Waals surface area contributed by atoms with Crippen LogP contribution in [-0.2, 0) is 17.9 Å². The number of furan rings is 1. The Bertz CT molecular complexity index is 1300. The smallest absolute Gasteiger partial charge is 0.271 e. The number of fused-ring (bicyclic) bond motifs is 4. The molecule has 0 unspecified atom stereocenters. The zero-order valence-corrected chi connectivity index (χ0v) is 20.3. The highest BCUT2D eigenvalue weighted by molar-refractivity contribution is 6.03. The van der Waals surface area contributed by atoms with E-state index >= 15 is 0 Å². The molecule has 1 atom stereocenters. The molecule has 1 saturated carbocycles. The van der Waals surface area contributed by atoms with Crippen molar-refractivity contribution in [3.05, 3.63) is 47.3 Å². The van der Waals surface area contributed by atoms with Gasteiger partial charge in [0, 0.05) is 24.7 Å². The van der Waals surface area contributed by atoms with Crippen LogP contribution >= 0.6 is 0 Å². The number of rotatable bonds is 4. The molecule has 3 aromatic rings. The van der Waals surface area contributed by atoms with Crippen LogP contribution in [-0.4, -0.2) is 39.7 Å². The second-order valence-electron chi connectivity index (χ2n) is 10.2. The van der Waals surface area contributed by atoms with Crippen molar-refractivity contribution in [3.63, 3.8) is 0 Å². The van der Waals surface area contributed by atoms with Crippen LogP contribution in [0.4, 0.5) is 0 Å². The normalized spacial score (nSPS) is 22.3. The quantitative estimate of drug-likeness (QED) is 0.558. The third-order valence-electron chi connectivity index (χ3n) is 7.70. The summed E-state index contributed by atoms with van der Waals surface area (Å²) >= 11 is 0. The van der Waals surface area contributed by atoms with Gasteiger partial charge in [-0.2, -0.15) is 0 Å². The fourth-order valence-electron chi connectivity index (χ4n) is 5.70. The first-order chi connectivity index (χ1) is 16.9. The van der Waals surface area contributed by atoms with Gasteiger partial charge < -0.3 is 28.7 Å². The number of nitrogens with zero attached hydrogens (tertiary/aromatic N) is 2. The maximum atomic E-state index is 13.9. The van der Waals surface area contributed by atoms with Gasteiger partial charge >= 0.3 is 0 Å². The lowest BCUT2D eigenvalue weighted by Gasteiger charge is -2.44. The average molecular weight is 478 g/mol. The highest BCUT2D eigenvalue weighted by Gasteiger charge is 2.48. The molecule has 1 fully saturated rings. The van der Waals surface area contributed by atoms with Gasteiger partial charge in [-0.05, 0) is 44.4 Å². The van der Waals surface area contributed by atoms with E-state index in [4.69, 9.17) is 13.9 Å².